The molecule has 2 heterocycles. The molecule has 2 aromatic heterocycles. The average molecular weight is 687 g/mol. The molecule has 0 N–H and O–H groups in total. The normalized spacial score (nSPS) is 11.7. The zero-order valence-electron chi connectivity index (χ0n) is 29.5. The third kappa shape index (κ3) is 4.74. The summed E-state index contributed by atoms with van der Waals surface area (Å²) in [7, 11) is 0. The number of hydrogen-bond donors (Lipinski definition) is 0. The molecule has 0 unspecified atom stereocenters. The molecule has 0 amide bonds. The van der Waals surface area contributed by atoms with Crippen molar-refractivity contribution in [2.75, 3.05) is 0 Å². The van der Waals surface area contributed by atoms with E-state index in [1.165, 1.54) is 99.1 Å². The van der Waals surface area contributed by atoms with Gasteiger partial charge in [-0.05, 0) is 93.4 Å². The highest BCUT2D eigenvalue weighted by molar-refractivity contribution is 6.12. The first kappa shape index (κ1) is 30.5. The minimum atomic E-state index is 1.18. The van der Waals surface area contributed by atoms with Crippen LogP contribution in [-0.4, -0.2) is 9.13 Å². The van der Waals surface area contributed by atoms with Gasteiger partial charge in [-0.25, -0.2) is 0 Å². The quantitative estimate of drug-likeness (QED) is 0.171. The maximum absolute atomic E-state index is 2.43. The maximum Gasteiger partial charge on any atom is 0.0541 e. The maximum atomic E-state index is 2.43. The molecule has 11 rings (SSSR count). The van der Waals surface area contributed by atoms with Crippen LogP contribution in [0.1, 0.15) is 0 Å². The topological polar surface area (TPSA) is 9.86 Å². The van der Waals surface area contributed by atoms with Crippen molar-refractivity contribution in [2.45, 2.75) is 0 Å². The van der Waals surface area contributed by atoms with Gasteiger partial charge < -0.3 is 9.13 Å². The van der Waals surface area contributed by atoms with E-state index in [2.05, 4.69) is 215 Å². The Morgan fingerprint density at radius 1 is 0.259 bits per heavy atom. The SMILES string of the molecule is c1ccc(-n2c3ccccc3c3cc(-c4ccc(-c5ccccc5-c5ccc6c(c5)c5ccccc5n6-c5cccc6ccccc56)cc4)ccc32)cc1. The molecule has 54 heavy (non-hydrogen) atoms. The molecule has 0 fully saturated rings. The van der Waals surface area contributed by atoms with Crippen LogP contribution in [0.4, 0.5) is 0 Å². The van der Waals surface area contributed by atoms with Crippen LogP contribution in [-0.2, 0) is 0 Å². The standard InChI is InChI=1S/C52H34N2/c1-2-15-40(16-3-1)53-49-22-10-8-20-44(49)46-33-38(29-31-51(46)53)35-25-27-37(28-26-35)41-17-6-7-18-42(41)39-30-32-52-47(34-39)45-21-9-11-23-50(45)54(52)48-24-12-14-36-13-4-5-19-43(36)48/h1-34H. The summed E-state index contributed by atoms with van der Waals surface area (Å²) in [6.07, 6.45) is 0. The van der Waals surface area contributed by atoms with Crippen molar-refractivity contribution in [3.05, 3.63) is 206 Å². The lowest BCUT2D eigenvalue weighted by Gasteiger charge is -2.13. The minimum Gasteiger partial charge on any atom is -0.309 e. The summed E-state index contributed by atoms with van der Waals surface area (Å²) in [5.74, 6) is 0. The van der Waals surface area contributed by atoms with Crippen molar-refractivity contribution >= 4 is 54.4 Å². The molecule has 2 heteroatoms. The van der Waals surface area contributed by atoms with Crippen molar-refractivity contribution in [1.29, 1.82) is 0 Å². The number of hydrogen-bond acceptors (Lipinski definition) is 0. The highest BCUT2D eigenvalue weighted by Gasteiger charge is 2.17. The van der Waals surface area contributed by atoms with Crippen LogP contribution in [0.25, 0.3) is 99.1 Å². The smallest absolute Gasteiger partial charge is 0.0541 e. The summed E-state index contributed by atoms with van der Waals surface area (Å²) in [5.41, 5.74) is 14.5. The van der Waals surface area contributed by atoms with E-state index in [4.69, 9.17) is 0 Å². The first-order chi connectivity index (χ1) is 26.8. The second kappa shape index (κ2) is 12.2. The van der Waals surface area contributed by atoms with E-state index in [-0.39, 0.29) is 0 Å². The van der Waals surface area contributed by atoms with Gasteiger partial charge in [0.2, 0.25) is 0 Å². The van der Waals surface area contributed by atoms with Gasteiger partial charge in [0, 0.05) is 32.6 Å². The van der Waals surface area contributed by atoms with Gasteiger partial charge in [-0.2, -0.15) is 0 Å². The predicted molar refractivity (Wildman–Crippen MR) is 229 cm³/mol. The molecule has 2 nitrogen and oxygen atoms in total. The Bertz CT molecular complexity index is 3190. The first-order valence-electron chi connectivity index (χ1n) is 18.6. The fraction of sp³-hybridized carbons (Fsp3) is 0. The Hall–Kier alpha value is -7.16. The van der Waals surface area contributed by atoms with Gasteiger partial charge in [0.05, 0.1) is 27.8 Å². The van der Waals surface area contributed by atoms with Crippen molar-refractivity contribution in [2.24, 2.45) is 0 Å². The summed E-state index contributed by atoms with van der Waals surface area (Å²) in [5, 5.41) is 7.53. The van der Waals surface area contributed by atoms with Crippen LogP contribution in [0, 0.1) is 0 Å². The average Bonchev–Trinajstić information content (AvgIpc) is 3.76. The second-order valence-electron chi connectivity index (χ2n) is 14.1. The molecule has 0 atom stereocenters. The van der Waals surface area contributed by atoms with Gasteiger partial charge in [-0.3, -0.25) is 0 Å². The summed E-state index contributed by atoms with van der Waals surface area (Å²) < 4.78 is 4.80. The number of para-hydroxylation sites is 3. The molecular formula is C52H34N2. The van der Waals surface area contributed by atoms with E-state index < -0.39 is 0 Å². The predicted octanol–water partition coefficient (Wildman–Crippen LogP) is 14.0. The fourth-order valence-corrected chi connectivity index (χ4v) is 8.64. The highest BCUT2D eigenvalue weighted by atomic mass is 15.0. The third-order valence-electron chi connectivity index (χ3n) is 11.1. The van der Waals surface area contributed by atoms with E-state index in [0.717, 1.165) is 0 Å². The third-order valence-corrected chi connectivity index (χ3v) is 11.1. The summed E-state index contributed by atoms with van der Waals surface area (Å²) in [4.78, 5) is 0. The van der Waals surface area contributed by atoms with E-state index in [1.54, 1.807) is 0 Å². The molecule has 0 aliphatic rings. The van der Waals surface area contributed by atoms with Crippen molar-refractivity contribution in [3.8, 4) is 44.8 Å². The van der Waals surface area contributed by atoms with E-state index >= 15 is 0 Å². The highest BCUT2D eigenvalue weighted by Crippen LogP contribution is 2.40. The van der Waals surface area contributed by atoms with Crippen LogP contribution in [0.5, 0.6) is 0 Å². The Morgan fingerprint density at radius 3 is 1.48 bits per heavy atom. The zero-order valence-corrected chi connectivity index (χ0v) is 29.5. The van der Waals surface area contributed by atoms with E-state index in [0.29, 0.717) is 0 Å². The summed E-state index contributed by atoms with van der Waals surface area (Å²) in [6, 6.07) is 75.1. The molecule has 0 bridgehead atoms. The lowest BCUT2D eigenvalue weighted by atomic mass is 9.92. The Labute approximate surface area is 313 Å². The molecule has 0 spiro atoms. The second-order valence-corrected chi connectivity index (χ2v) is 14.1. The van der Waals surface area contributed by atoms with Gasteiger partial charge in [0.15, 0.2) is 0 Å². The van der Waals surface area contributed by atoms with Crippen molar-refractivity contribution in [1.82, 2.24) is 9.13 Å². The number of fused-ring (bicyclic) bond motifs is 7. The van der Waals surface area contributed by atoms with Crippen LogP contribution >= 0.6 is 0 Å². The summed E-state index contributed by atoms with van der Waals surface area (Å²) in [6.45, 7) is 0. The van der Waals surface area contributed by atoms with Gasteiger partial charge in [0.1, 0.15) is 0 Å². The zero-order chi connectivity index (χ0) is 35.6. The number of rotatable bonds is 5. The molecule has 9 aromatic carbocycles. The molecule has 11 aromatic rings. The fourth-order valence-electron chi connectivity index (χ4n) is 8.64. The minimum absolute atomic E-state index is 1.18. The van der Waals surface area contributed by atoms with Crippen LogP contribution in [0.2, 0.25) is 0 Å². The number of nitrogens with zero attached hydrogens (tertiary/aromatic N) is 2. The molecule has 0 saturated carbocycles. The molecule has 252 valence electrons. The Balaban J connectivity index is 0.995. The van der Waals surface area contributed by atoms with Gasteiger partial charge in [0.25, 0.3) is 0 Å². The van der Waals surface area contributed by atoms with Gasteiger partial charge >= 0.3 is 0 Å². The molecule has 0 aliphatic heterocycles. The van der Waals surface area contributed by atoms with Gasteiger partial charge in [-0.1, -0.05) is 152 Å². The van der Waals surface area contributed by atoms with E-state index in [9.17, 15) is 0 Å². The molecular weight excluding hydrogens is 653 g/mol. The lowest BCUT2D eigenvalue weighted by Crippen LogP contribution is -1.95. The largest absolute Gasteiger partial charge is 0.309 e. The Morgan fingerprint density at radius 2 is 0.741 bits per heavy atom. The van der Waals surface area contributed by atoms with Crippen LogP contribution < -0.4 is 0 Å². The first-order valence-corrected chi connectivity index (χ1v) is 18.6. The van der Waals surface area contributed by atoms with Crippen molar-refractivity contribution < 1.29 is 0 Å². The van der Waals surface area contributed by atoms with Gasteiger partial charge in [-0.15, -0.1) is 0 Å². The van der Waals surface area contributed by atoms with Crippen molar-refractivity contribution in [3.63, 3.8) is 0 Å². The molecule has 0 saturated heterocycles. The number of benzene rings is 9. The number of aromatic nitrogens is 2. The van der Waals surface area contributed by atoms with Crippen LogP contribution in [0.3, 0.4) is 0 Å². The molecule has 0 aliphatic carbocycles. The molecule has 0 radical (unpaired) electrons. The summed E-state index contributed by atoms with van der Waals surface area (Å²) >= 11 is 0. The van der Waals surface area contributed by atoms with E-state index in [1.807, 2.05) is 0 Å². The Kier molecular flexibility index (Phi) is 6.90. The monoisotopic (exact) mass is 686 g/mol. The van der Waals surface area contributed by atoms with Crippen LogP contribution in [0.15, 0.2) is 206 Å². The lowest BCUT2D eigenvalue weighted by molar-refractivity contribution is 1.18.